The Kier molecular flexibility index (Phi) is 3.54. The molecule has 0 radical (unpaired) electrons. The number of hydrogen-bond acceptors (Lipinski definition) is 5. The number of imidazole rings is 1. The molecule has 3 heterocycles. The van der Waals surface area contributed by atoms with Gasteiger partial charge in [0.1, 0.15) is 11.8 Å². The summed E-state index contributed by atoms with van der Waals surface area (Å²) in [5.74, 6) is 0.514. The second kappa shape index (κ2) is 5.34. The lowest BCUT2D eigenvalue weighted by Crippen LogP contribution is -1.99. The van der Waals surface area contributed by atoms with Crippen LogP contribution in [0.1, 0.15) is 16.7 Å². The zero-order valence-electron chi connectivity index (χ0n) is 11.2. The summed E-state index contributed by atoms with van der Waals surface area (Å²) in [4.78, 5) is 14.1. The number of nitrogens with one attached hydrogen (secondary N) is 1. The maximum absolute atomic E-state index is 5.38. The third-order valence-electron chi connectivity index (χ3n) is 3.10. The molecule has 5 nitrogen and oxygen atoms in total. The molecule has 0 fully saturated rings. The largest absolute Gasteiger partial charge is 0.479 e. The number of H-pyrrole nitrogens is 1. The van der Waals surface area contributed by atoms with Gasteiger partial charge >= 0.3 is 0 Å². The van der Waals surface area contributed by atoms with Crippen molar-refractivity contribution in [1.29, 1.82) is 0 Å². The van der Waals surface area contributed by atoms with Gasteiger partial charge in [0.2, 0.25) is 5.88 Å². The third-order valence-corrected chi connectivity index (χ3v) is 4.64. The number of hydrogen-bond donors (Lipinski definition) is 1. The molecule has 20 heavy (non-hydrogen) atoms. The molecule has 0 aliphatic carbocycles. The summed E-state index contributed by atoms with van der Waals surface area (Å²) in [6.07, 6.45) is 2.55. The summed E-state index contributed by atoms with van der Waals surface area (Å²) in [5.41, 5.74) is 1.51. The van der Waals surface area contributed by atoms with Crippen LogP contribution in [0.15, 0.2) is 18.5 Å². The summed E-state index contributed by atoms with van der Waals surface area (Å²) in [6, 6.07) is 4.30. The fraction of sp³-hybridized carbons (Fsp3) is 0.308. The van der Waals surface area contributed by atoms with Crippen molar-refractivity contribution in [2.24, 2.45) is 0 Å². The lowest BCUT2D eigenvalue weighted by atomic mass is 10.3. The predicted octanol–water partition coefficient (Wildman–Crippen LogP) is 3.17. The van der Waals surface area contributed by atoms with E-state index < -0.39 is 0 Å². The Morgan fingerprint density at radius 2 is 2.15 bits per heavy atom. The number of aromatic nitrogens is 4. The van der Waals surface area contributed by atoms with Gasteiger partial charge in [-0.15, -0.1) is 11.3 Å². The van der Waals surface area contributed by atoms with E-state index in [9.17, 15) is 0 Å². The fourth-order valence-electron chi connectivity index (χ4n) is 2.10. The van der Waals surface area contributed by atoms with Gasteiger partial charge in [-0.05, 0) is 30.8 Å². The van der Waals surface area contributed by atoms with Crippen LogP contribution in [-0.2, 0) is 13.0 Å². The lowest BCUT2D eigenvalue weighted by molar-refractivity contribution is 0.401. The highest BCUT2D eigenvalue weighted by atomic mass is 32.1. The highest BCUT2D eigenvalue weighted by molar-refractivity contribution is 7.71. The van der Waals surface area contributed by atoms with Gasteiger partial charge in [-0.25, -0.2) is 4.98 Å². The van der Waals surface area contributed by atoms with Crippen LogP contribution in [0.3, 0.4) is 0 Å². The molecular formula is C13H14N4OS2. The maximum Gasteiger partial charge on any atom is 0.242 e. The van der Waals surface area contributed by atoms with Gasteiger partial charge in [-0.2, -0.15) is 4.98 Å². The van der Waals surface area contributed by atoms with Crippen molar-refractivity contribution in [3.05, 3.63) is 33.0 Å². The van der Waals surface area contributed by atoms with Crippen molar-refractivity contribution in [2.45, 2.75) is 19.9 Å². The first-order chi connectivity index (χ1) is 9.72. The highest BCUT2D eigenvalue weighted by Crippen LogP contribution is 2.23. The molecule has 0 saturated carbocycles. The highest BCUT2D eigenvalue weighted by Gasteiger charge is 2.12. The van der Waals surface area contributed by atoms with Gasteiger partial charge in [0.25, 0.3) is 0 Å². The average molecular weight is 306 g/mol. The smallest absolute Gasteiger partial charge is 0.242 e. The standard InChI is InChI=1S/C13H14N4OS2/c1-3-8-4-5-9(20-8)6-17-11-10(16-13(17)19)12(18-2)15-7-14-11/h4-5,7H,3,6H2,1-2H3,(H,16,19). The number of fused-ring (bicyclic) bond motifs is 1. The van der Waals surface area contributed by atoms with Crippen LogP contribution in [0, 0.1) is 4.77 Å². The van der Waals surface area contributed by atoms with Crippen molar-refractivity contribution >= 4 is 34.7 Å². The Labute approximate surface area is 125 Å². The minimum Gasteiger partial charge on any atom is -0.479 e. The first-order valence-corrected chi connectivity index (χ1v) is 7.50. The Balaban J connectivity index is 2.07. The SMILES string of the molecule is CCc1ccc(Cn2c(=S)[nH]c3c(OC)ncnc32)s1. The number of thiophene rings is 1. The third kappa shape index (κ3) is 2.23. The van der Waals surface area contributed by atoms with Crippen molar-refractivity contribution in [3.63, 3.8) is 0 Å². The molecule has 0 bridgehead atoms. The quantitative estimate of drug-likeness (QED) is 0.752. The van der Waals surface area contributed by atoms with Crippen molar-refractivity contribution < 1.29 is 4.74 Å². The predicted molar refractivity (Wildman–Crippen MR) is 82.1 cm³/mol. The number of methoxy groups -OCH3 is 1. The van der Waals surface area contributed by atoms with Crippen molar-refractivity contribution in [1.82, 2.24) is 19.5 Å². The molecule has 0 saturated heterocycles. The molecule has 0 spiro atoms. The molecule has 3 rings (SSSR count). The van der Waals surface area contributed by atoms with E-state index in [1.54, 1.807) is 18.4 Å². The van der Waals surface area contributed by atoms with Crippen LogP contribution in [0.5, 0.6) is 5.88 Å². The zero-order valence-corrected chi connectivity index (χ0v) is 12.8. The molecule has 0 aliphatic heterocycles. The van der Waals surface area contributed by atoms with E-state index >= 15 is 0 Å². The summed E-state index contributed by atoms with van der Waals surface area (Å²) in [7, 11) is 1.59. The second-order valence-corrected chi connectivity index (χ2v) is 5.96. The van der Waals surface area contributed by atoms with Crippen LogP contribution < -0.4 is 4.74 Å². The number of nitrogens with zero attached hydrogens (tertiary/aromatic N) is 3. The van der Waals surface area contributed by atoms with Crippen LogP contribution in [0.25, 0.3) is 11.2 Å². The van der Waals surface area contributed by atoms with Gasteiger partial charge in [-0.3, -0.25) is 4.57 Å². The molecule has 1 N–H and O–H groups in total. The fourth-order valence-corrected chi connectivity index (χ4v) is 3.30. The monoisotopic (exact) mass is 306 g/mol. The number of rotatable bonds is 4. The van der Waals surface area contributed by atoms with Gasteiger partial charge in [0.15, 0.2) is 10.4 Å². The van der Waals surface area contributed by atoms with E-state index in [4.69, 9.17) is 17.0 Å². The van der Waals surface area contributed by atoms with Crippen LogP contribution in [0.4, 0.5) is 0 Å². The van der Waals surface area contributed by atoms with Gasteiger partial charge in [0, 0.05) is 9.75 Å². The molecule has 7 heteroatoms. The van der Waals surface area contributed by atoms with E-state index in [2.05, 4.69) is 34.0 Å². The molecule has 3 aromatic rings. The molecular weight excluding hydrogens is 292 g/mol. The van der Waals surface area contributed by atoms with Gasteiger partial charge < -0.3 is 9.72 Å². The number of ether oxygens (including phenoxy) is 1. The zero-order chi connectivity index (χ0) is 14.1. The summed E-state index contributed by atoms with van der Waals surface area (Å²) < 4.78 is 7.83. The first kappa shape index (κ1) is 13.3. The lowest BCUT2D eigenvalue weighted by Gasteiger charge is -2.02. The molecule has 0 aliphatic rings. The van der Waals surface area contributed by atoms with Gasteiger partial charge in [0.05, 0.1) is 13.7 Å². The topological polar surface area (TPSA) is 55.7 Å². The van der Waals surface area contributed by atoms with E-state index in [0.29, 0.717) is 17.2 Å². The molecule has 104 valence electrons. The van der Waals surface area contributed by atoms with Crippen molar-refractivity contribution in [2.75, 3.05) is 7.11 Å². The number of aryl methyl sites for hydroxylation is 1. The van der Waals surface area contributed by atoms with Gasteiger partial charge in [-0.1, -0.05) is 6.92 Å². The van der Waals surface area contributed by atoms with E-state index in [1.165, 1.54) is 16.1 Å². The molecule has 0 amide bonds. The summed E-state index contributed by atoms with van der Waals surface area (Å²) in [6.45, 7) is 2.87. The minimum atomic E-state index is 0.514. The first-order valence-electron chi connectivity index (χ1n) is 6.28. The van der Waals surface area contributed by atoms with Crippen LogP contribution >= 0.6 is 23.6 Å². The Morgan fingerprint density at radius 1 is 1.35 bits per heavy atom. The maximum atomic E-state index is 5.38. The van der Waals surface area contributed by atoms with Crippen molar-refractivity contribution in [3.8, 4) is 5.88 Å². The minimum absolute atomic E-state index is 0.514. The summed E-state index contributed by atoms with van der Waals surface area (Å²) >= 11 is 7.19. The molecule has 0 atom stereocenters. The molecule has 3 aromatic heterocycles. The normalized spacial score (nSPS) is 11.1. The van der Waals surface area contributed by atoms with E-state index in [0.717, 1.165) is 17.6 Å². The molecule has 0 aromatic carbocycles. The summed E-state index contributed by atoms with van der Waals surface area (Å²) in [5, 5.41) is 0. The average Bonchev–Trinajstić information content (AvgIpc) is 3.04. The Hall–Kier alpha value is -1.73. The number of aromatic amines is 1. The van der Waals surface area contributed by atoms with Crippen LogP contribution in [-0.4, -0.2) is 26.6 Å². The molecule has 0 unspecified atom stereocenters. The second-order valence-electron chi connectivity index (χ2n) is 4.32. The Bertz CT molecular complexity index is 802. The van der Waals surface area contributed by atoms with E-state index in [-0.39, 0.29) is 0 Å². The van der Waals surface area contributed by atoms with Crippen LogP contribution in [0.2, 0.25) is 0 Å². The Morgan fingerprint density at radius 3 is 2.85 bits per heavy atom. The van der Waals surface area contributed by atoms with E-state index in [1.807, 2.05) is 4.57 Å².